The number of imidazole rings is 1. The third-order valence-electron chi connectivity index (χ3n) is 2.91. The first-order valence-electron chi connectivity index (χ1n) is 6.19. The van der Waals surface area contributed by atoms with Crippen molar-refractivity contribution >= 4 is 17.0 Å². The SMILES string of the molecule is Cc1ccc(CNc2cccc(-n3ccnc3)c2)s1. The van der Waals surface area contributed by atoms with Crippen LogP contribution in [0.1, 0.15) is 9.75 Å². The first-order chi connectivity index (χ1) is 9.31. The summed E-state index contributed by atoms with van der Waals surface area (Å²) in [4.78, 5) is 6.77. The molecule has 0 radical (unpaired) electrons. The fourth-order valence-electron chi connectivity index (χ4n) is 1.96. The van der Waals surface area contributed by atoms with Crippen LogP contribution in [0.15, 0.2) is 55.1 Å². The maximum Gasteiger partial charge on any atom is 0.0991 e. The molecule has 0 aliphatic rings. The molecule has 0 aliphatic heterocycles. The van der Waals surface area contributed by atoms with Crippen LogP contribution in [0.2, 0.25) is 0 Å². The van der Waals surface area contributed by atoms with E-state index in [1.807, 2.05) is 28.4 Å². The Morgan fingerprint density at radius 2 is 2.21 bits per heavy atom. The highest BCUT2D eigenvalue weighted by atomic mass is 32.1. The van der Waals surface area contributed by atoms with Gasteiger partial charge in [-0.25, -0.2) is 4.98 Å². The molecule has 0 saturated heterocycles. The van der Waals surface area contributed by atoms with Crippen LogP contribution in [-0.2, 0) is 6.54 Å². The van der Waals surface area contributed by atoms with Crippen molar-refractivity contribution < 1.29 is 0 Å². The molecular weight excluding hydrogens is 254 g/mol. The monoisotopic (exact) mass is 269 g/mol. The second-order valence-electron chi connectivity index (χ2n) is 4.39. The molecule has 3 rings (SSSR count). The van der Waals surface area contributed by atoms with Crippen molar-refractivity contribution in [3.05, 3.63) is 64.9 Å². The topological polar surface area (TPSA) is 29.9 Å². The molecule has 96 valence electrons. The zero-order valence-electron chi connectivity index (χ0n) is 10.7. The summed E-state index contributed by atoms with van der Waals surface area (Å²) in [5.74, 6) is 0. The third kappa shape index (κ3) is 2.85. The highest BCUT2D eigenvalue weighted by molar-refractivity contribution is 7.11. The number of hydrogen-bond acceptors (Lipinski definition) is 3. The number of aryl methyl sites for hydroxylation is 1. The van der Waals surface area contributed by atoms with Gasteiger partial charge in [0.1, 0.15) is 0 Å². The van der Waals surface area contributed by atoms with Gasteiger partial charge in [-0.2, -0.15) is 0 Å². The summed E-state index contributed by atoms with van der Waals surface area (Å²) in [6, 6.07) is 12.7. The number of nitrogens with one attached hydrogen (secondary N) is 1. The lowest BCUT2D eigenvalue weighted by atomic mass is 10.2. The first-order valence-corrected chi connectivity index (χ1v) is 7.00. The van der Waals surface area contributed by atoms with Crippen LogP contribution < -0.4 is 5.32 Å². The van der Waals surface area contributed by atoms with Crippen LogP contribution in [0.3, 0.4) is 0 Å². The maximum absolute atomic E-state index is 4.07. The summed E-state index contributed by atoms with van der Waals surface area (Å²) >= 11 is 1.83. The van der Waals surface area contributed by atoms with E-state index in [9.17, 15) is 0 Å². The summed E-state index contributed by atoms with van der Waals surface area (Å²) in [5.41, 5.74) is 2.24. The molecule has 0 spiro atoms. The predicted molar refractivity (Wildman–Crippen MR) is 79.9 cm³/mol. The number of aromatic nitrogens is 2. The molecule has 2 aromatic heterocycles. The second kappa shape index (κ2) is 5.28. The molecule has 0 atom stereocenters. The van der Waals surface area contributed by atoms with Gasteiger partial charge in [-0.05, 0) is 37.3 Å². The van der Waals surface area contributed by atoms with Gasteiger partial charge in [0.15, 0.2) is 0 Å². The van der Waals surface area contributed by atoms with E-state index in [1.165, 1.54) is 9.75 Å². The summed E-state index contributed by atoms with van der Waals surface area (Å²) in [6.07, 6.45) is 5.54. The first kappa shape index (κ1) is 12.0. The van der Waals surface area contributed by atoms with Gasteiger partial charge in [0.25, 0.3) is 0 Å². The molecule has 0 fully saturated rings. The number of thiophene rings is 1. The van der Waals surface area contributed by atoms with Crippen LogP contribution in [-0.4, -0.2) is 9.55 Å². The molecule has 1 N–H and O–H groups in total. The summed E-state index contributed by atoms with van der Waals surface area (Å²) in [5, 5.41) is 3.45. The van der Waals surface area contributed by atoms with Crippen LogP contribution >= 0.6 is 11.3 Å². The Kier molecular flexibility index (Phi) is 3.33. The fraction of sp³-hybridized carbons (Fsp3) is 0.133. The van der Waals surface area contributed by atoms with E-state index >= 15 is 0 Å². The Balaban J connectivity index is 1.73. The molecule has 0 amide bonds. The quantitative estimate of drug-likeness (QED) is 0.779. The van der Waals surface area contributed by atoms with E-state index in [2.05, 4.69) is 53.6 Å². The Bertz CT molecular complexity index is 656. The van der Waals surface area contributed by atoms with Gasteiger partial charge in [0, 0.05) is 40.1 Å². The summed E-state index contributed by atoms with van der Waals surface area (Å²) in [6.45, 7) is 3.00. The maximum atomic E-state index is 4.07. The Hall–Kier alpha value is -2.07. The van der Waals surface area contributed by atoms with Gasteiger partial charge in [-0.15, -0.1) is 11.3 Å². The van der Waals surface area contributed by atoms with Crippen LogP contribution in [0.5, 0.6) is 0 Å². The minimum absolute atomic E-state index is 0.867. The van der Waals surface area contributed by atoms with E-state index < -0.39 is 0 Å². The van der Waals surface area contributed by atoms with Gasteiger partial charge >= 0.3 is 0 Å². The molecule has 1 aromatic carbocycles. The average molecular weight is 269 g/mol. The third-order valence-corrected chi connectivity index (χ3v) is 3.91. The lowest BCUT2D eigenvalue weighted by molar-refractivity contribution is 1.05. The number of nitrogens with zero attached hydrogens (tertiary/aromatic N) is 2. The van der Waals surface area contributed by atoms with Crippen molar-refractivity contribution in [3.63, 3.8) is 0 Å². The van der Waals surface area contributed by atoms with Crippen molar-refractivity contribution in [2.24, 2.45) is 0 Å². The molecule has 0 saturated carbocycles. The number of hydrogen-bond donors (Lipinski definition) is 1. The molecule has 19 heavy (non-hydrogen) atoms. The van der Waals surface area contributed by atoms with Gasteiger partial charge in [0.05, 0.1) is 6.33 Å². The Morgan fingerprint density at radius 1 is 1.26 bits per heavy atom. The fourth-order valence-corrected chi connectivity index (χ4v) is 2.79. The van der Waals surface area contributed by atoms with E-state index in [1.54, 1.807) is 6.20 Å². The normalized spacial score (nSPS) is 10.6. The van der Waals surface area contributed by atoms with Crippen LogP contribution in [0, 0.1) is 6.92 Å². The smallest absolute Gasteiger partial charge is 0.0991 e. The molecule has 0 bridgehead atoms. The molecule has 3 aromatic rings. The zero-order valence-corrected chi connectivity index (χ0v) is 11.5. The molecule has 2 heterocycles. The molecule has 0 unspecified atom stereocenters. The lowest BCUT2D eigenvalue weighted by Crippen LogP contribution is -1.98. The molecule has 3 nitrogen and oxygen atoms in total. The zero-order chi connectivity index (χ0) is 13.1. The number of rotatable bonds is 4. The number of anilines is 1. The second-order valence-corrected chi connectivity index (χ2v) is 5.76. The minimum atomic E-state index is 0.867. The molecular formula is C15H15N3S. The lowest BCUT2D eigenvalue weighted by Gasteiger charge is -2.08. The predicted octanol–water partition coefficient (Wildman–Crippen LogP) is 3.85. The molecule has 4 heteroatoms. The minimum Gasteiger partial charge on any atom is -0.380 e. The highest BCUT2D eigenvalue weighted by Crippen LogP contribution is 2.18. The molecule has 0 aliphatic carbocycles. The van der Waals surface area contributed by atoms with Crippen molar-refractivity contribution in [1.82, 2.24) is 9.55 Å². The van der Waals surface area contributed by atoms with Gasteiger partial charge in [-0.3, -0.25) is 0 Å². The Labute approximate surface area is 116 Å². The number of benzene rings is 1. The summed E-state index contributed by atoms with van der Waals surface area (Å²) in [7, 11) is 0. The van der Waals surface area contributed by atoms with E-state index in [4.69, 9.17) is 0 Å². The van der Waals surface area contributed by atoms with Crippen molar-refractivity contribution in [3.8, 4) is 5.69 Å². The van der Waals surface area contributed by atoms with E-state index in [0.717, 1.165) is 17.9 Å². The van der Waals surface area contributed by atoms with Gasteiger partial charge in [-0.1, -0.05) is 6.07 Å². The average Bonchev–Trinajstić information content (AvgIpc) is 3.08. The Morgan fingerprint density at radius 3 is 2.95 bits per heavy atom. The highest BCUT2D eigenvalue weighted by Gasteiger charge is 1.99. The van der Waals surface area contributed by atoms with E-state index in [-0.39, 0.29) is 0 Å². The van der Waals surface area contributed by atoms with Crippen molar-refractivity contribution in [2.75, 3.05) is 5.32 Å². The van der Waals surface area contributed by atoms with Crippen LogP contribution in [0.25, 0.3) is 5.69 Å². The van der Waals surface area contributed by atoms with Gasteiger partial charge < -0.3 is 9.88 Å². The van der Waals surface area contributed by atoms with Crippen molar-refractivity contribution in [1.29, 1.82) is 0 Å². The van der Waals surface area contributed by atoms with Crippen molar-refractivity contribution in [2.45, 2.75) is 13.5 Å². The summed E-state index contributed by atoms with van der Waals surface area (Å²) < 4.78 is 2.00. The standard InChI is InChI=1S/C15H15N3S/c1-12-5-6-15(19-12)10-17-13-3-2-4-14(9-13)18-8-7-16-11-18/h2-9,11,17H,10H2,1H3. The van der Waals surface area contributed by atoms with Gasteiger partial charge in [0.2, 0.25) is 0 Å². The largest absolute Gasteiger partial charge is 0.380 e. The van der Waals surface area contributed by atoms with E-state index in [0.29, 0.717) is 0 Å². The van der Waals surface area contributed by atoms with Crippen LogP contribution in [0.4, 0.5) is 5.69 Å².